The van der Waals surface area contributed by atoms with Crippen LogP contribution < -0.4 is 27.9 Å². The van der Waals surface area contributed by atoms with E-state index in [0.29, 0.717) is 0 Å². The molecule has 0 heterocycles. The van der Waals surface area contributed by atoms with Gasteiger partial charge < -0.3 is 6.87 Å². The molecule has 2 radical (unpaired) electrons. The van der Waals surface area contributed by atoms with Gasteiger partial charge in [-0.2, -0.15) is 0 Å². The van der Waals surface area contributed by atoms with Crippen LogP contribution >= 0.6 is 0 Å². The number of hydrogen-bond donors (Lipinski definition) is 1. The zero-order valence-corrected chi connectivity index (χ0v) is 5.92. The summed E-state index contributed by atoms with van der Waals surface area (Å²) < 4.78 is 24.5. The standard InChI is InChI=1S/HIO3.Mg/c2-1(3)4;/h2H;. The van der Waals surface area contributed by atoms with Crippen molar-refractivity contribution < 1.29 is 31.4 Å². The van der Waals surface area contributed by atoms with E-state index >= 15 is 0 Å². The van der Waals surface area contributed by atoms with E-state index in [0.717, 1.165) is 0 Å². The molecule has 0 aliphatic rings. The summed E-state index contributed by atoms with van der Waals surface area (Å²) in [5, 5.41) is 0. The van der Waals surface area contributed by atoms with Gasteiger partial charge in [-0.05, 0) is 3.44 Å². The minimum Gasteiger partial charge on any atom is -0.396 e. The Morgan fingerprint density at radius 3 is 1.40 bits per heavy atom. The number of halogens is 1. The first-order valence-electron chi connectivity index (χ1n) is 0.478. The number of hydrogen-bond acceptors (Lipinski definition) is 3. The molecule has 0 rings (SSSR count). The molecule has 0 aliphatic carbocycles. The van der Waals surface area contributed by atoms with Crippen LogP contribution in [0.5, 0.6) is 0 Å². The Morgan fingerprint density at radius 2 is 1.40 bits per heavy atom. The van der Waals surface area contributed by atoms with Gasteiger partial charge in [-0.15, -0.1) is 0 Å². The summed E-state index contributed by atoms with van der Waals surface area (Å²) in [6.45, 7) is 0. The van der Waals surface area contributed by atoms with Gasteiger partial charge in [0, 0.05) is 23.1 Å². The first kappa shape index (κ1) is 9.62. The Hall–Kier alpha value is 1.38. The van der Waals surface area contributed by atoms with Gasteiger partial charge in [0.2, 0.25) is 0 Å². The van der Waals surface area contributed by atoms with Crippen LogP contribution in [0.15, 0.2) is 0 Å². The molecule has 0 unspecified atom stereocenters. The molecule has 0 amide bonds. The normalized spacial score (nSPS) is 7.20. The van der Waals surface area contributed by atoms with E-state index in [-0.39, 0.29) is 23.1 Å². The SMILES string of the molecule is [Mg].[O-][I+2]([O-])O. The molecule has 5 heavy (non-hydrogen) atoms. The van der Waals surface area contributed by atoms with Crippen LogP contribution in [0.2, 0.25) is 0 Å². The largest absolute Gasteiger partial charge is 0.503 e. The van der Waals surface area contributed by atoms with E-state index < -0.39 is 21.1 Å². The maximum absolute atomic E-state index is 8.68. The maximum atomic E-state index is 8.68. The van der Waals surface area contributed by atoms with E-state index in [1.54, 1.807) is 0 Å². The fraction of sp³-hybridized carbons (Fsp3) is 0. The van der Waals surface area contributed by atoms with Crippen LogP contribution in [0.1, 0.15) is 0 Å². The number of rotatable bonds is 0. The maximum Gasteiger partial charge on any atom is 0.503 e. The highest BCUT2D eigenvalue weighted by Crippen LogP contribution is 0.251. The Kier molecular flexibility index (Phi) is 10.3. The van der Waals surface area contributed by atoms with E-state index in [1.807, 2.05) is 0 Å². The van der Waals surface area contributed by atoms with Gasteiger partial charge in [0.15, 0.2) is 0 Å². The average Bonchev–Trinajstić information content (AvgIpc) is 0.811. The highest BCUT2D eigenvalue weighted by molar-refractivity contribution is 5.75. The van der Waals surface area contributed by atoms with Crippen LogP contribution in [-0.2, 0) is 0 Å². The molecular formula is HIMgO3. The minimum atomic E-state index is -3.76. The lowest BCUT2D eigenvalue weighted by atomic mass is 16.0. The highest BCUT2D eigenvalue weighted by atomic mass is 127. The van der Waals surface area contributed by atoms with Crippen LogP contribution in [0.3, 0.4) is 0 Å². The quantitative estimate of drug-likeness (QED) is 0.312. The molecule has 0 atom stereocenters. The Bertz CT molecular complexity index is 11.6. The second-order valence-corrected chi connectivity index (χ2v) is 1.35. The molecule has 1 N–H and O–H groups in total. The van der Waals surface area contributed by atoms with Crippen molar-refractivity contribution in [2.45, 2.75) is 0 Å². The van der Waals surface area contributed by atoms with Crippen molar-refractivity contribution in [2.24, 2.45) is 0 Å². The third-order valence-corrected chi connectivity index (χ3v) is 0. The molecule has 0 aromatic heterocycles. The first-order valence-corrected chi connectivity index (χ1v) is 3.20. The molecular weight excluding hydrogens is 199 g/mol. The second kappa shape index (κ2) is 5.38. The predicted molar refractivity (Wildman–Crippen MR) is 7.97 cm³/mol. The van der Waals surface area contributed by atoms with Gasteiger partial charge >= 0.3 is 21.1 Å². The lowest BCUT2D eigenvalue weighted by Crippen LogP contribution is -3.98. The van der Waals surface area contributed by atoms with Gasteiger partial charge in [-0.25, -0.2) is 0 Å². The van der Waals surface area contributed by atoms with Crippen LogP contribution in [0, 0.1) is 0 Å². The third-order valence-electron chi connectivity index (χ3n) is 0. The van der Waals surface area contributed by atoms with Crippen molar-refractivity contribution in [3.8, 4) is 0 Å². The lowest BCUT2D eigenvalue weighted by Gasteiger charge is -1.67. The molecule has 0 aliphatic heterocycles. The van der Waals surface area contributed by atoms with Crippen LogP contribution in [0.4, 0.5) is 0 Å². The molecule has 0 saturated heterocycles. The lowest BCUT2D eigenvalue weighted by molar-refractivity contribution is -1.63. The van der Waals surface area contributed by atoms with Gasteiger partial charge in [0.1, 0.15) is 0 Å². The van der Waals surface area contributed by atoms with Gasteiger partial charge in [-0.3, -0.25) is 0 Å². The summed E-state index contributed by atoms with van der Waals surface area (Å²) in [4.78, 5) is 0. The summed E-state index contributed by atoms with van der Waals surface area (Å²) in [6, 6.07) is 0. The van der Waals surface area contributed by atoms with Gasteiger partial charge in [0.25, 0.3) is 0 Å². The van der Waals surface area contributed by atoms with Crippen molar-refractivity contribution in [1.82, 2.24) is 0 Å². The molecule has 5 heteroatoms. The van der Waals surface area contributed by atoms with E-state index in [9.17, 15) is 0 Å². The fourth-order valence-electron chi connectivity index (χ4n) is 0. The van der Waals surface area contributed by atoms with Crippen LogP contribution in [-0.4, -0.2) is 26.5 Å². The van der Waals surface area contributed by atoms with Crippen molar-refractivity contribution >= 4 is 23.1 Å². The molecule has 0 fully saturated rings. The van der Waals surface area contributed by atoms with E-state index in [2.05, 4.69) is 0 Å². The molecule has 0 spiro atoms. The molecule has 3 nitrogen and oxygen atoms in total. The predicted octanol–water partition coefficient (Wildman–Crippen LogP) is -6.31. The van der Waals surface area contributed by atoms with Crippen LogP contribution in [0.25, 0.3) is 0 Å². The molecule has 0 aromatic rings. The topological polar surface area (TPSA) is 66.3 Å². The molecule has 0 aromatic carbocycles. The summed E-state index contributed by atoms with van der Waals surface area (Å²) in [6.07, 6.45) is 0. The van der Waals surface area contributed by atoms with Crippen molar-refractivity contribution in [2.75, 3.05) is 0 Å². The molecule has 0 saturated carbocycles. The van der Waals surface area contributed by atoms with E-state index in [4.69, 9.17) is 10.3 Å². The van der Waals surface area contributed by atoms with Crippen molar-refractivity contribution in [3.63, 3.8) is 0 Å². The summed E-state index contributed by atoms with van der Waals surface area (Å²) >= 11 is -3.76. The first-order chi connectivity index (χ1) is 1.73. The molecule has 28 valence electrons. The Balaban J connectivity index is 0. The Labute approximate surface area is 54.2 Å². The summed E-state index contributed by atoms with van der Waals surface area (Å²) in [7, 11) is 0. The average molecular weight is 200 g/mol. The summed E-state index contributed by atoms with van der Waals surface area (Å²) in [5.41, 5.74) is 0. The fourth-order valence-corrected chi connectivity index (χ4v) is 0. The van der Waals surface area contributed by atoms with Gasteiger partial charge in [-0.1, -0.05) is 0 Å². The van der Waals surface area contributed by atoms with Crippen molar-refractivity contribution in [1.29, 1.82) is 0 Å². The third kappa shape index (κ3) is 32.4. The smallest absolute Gasteiger partial charge is 0.396 e. The monoisotopic (exact) mass is 200 g/mol. The second-order valence-electron chi connectivity index (χ2n) is 0.201. The highest BCUT2D eigenvalue weighted by Gasteiger charge is 1.89. The minimum absolute atomic E-state index is 0. The zero-order chi connectivity index (χ0) is 3.58. The molecule has 0 bridgehead atoms. The van der Waals surface area contributed by atoms with Crippen molar-refractivity contribution in [3.05, 3.63) is 0 Å². The zero-order valence-electron chi connectivity index (χ0n) is 2.35. The van der Waals surface area contributed by atoms with E-state index in [1.165, 1.54) is 0 Å². The van der Waals surface area contributed by atoms with Gasteiger partial charge in [0.05, 0.1) is 0 Å². The summed E-state index contributed by atoms with van der Waals surface area (Å²) in [5.74, 6) is 0. The Morgan fingerprint density at radius 1 is 1.40 bits per heavy atom.